The Morgan fingerprint density at radius 2 is 2.10 bits per heavy atom. The van der Waals surface area contributed by atoms with E-state index in [0.29, 0.717) is 17.6 Å². The lowest BCUT2D eigenvalue weighted by molar-refractivity contribution is 0.0697. The third kappa shape index (κ3) is 2.49. The zero-order chi connectivity index (χ0) is 14.9. The molecule has 0 bridgehead atoms. The Balaban J connectivity index is 2.76. The van der Waals surface area contributed by atoms with Crippen LogP contribution in [0.4, 0.5) is 0 Å². The van der Waals surface area contributed by atoms with Gasteiger partial charge in [0.05, 0.1) is 16.6 Å². The standard InChI is InChI=1S/C14H16N2O4/c1-3-8(2)7-16-11-6-9(14(19)20)4-5-10(11)15-12(17)13(16)18/h4-6,8H,3,7H2,1-2H3,(H,15,17)(H,19,20). The van der Waals surface area contributed by atoms with E-state index in [1.54, 1.807) is 0 Å². The first kappa shape index (κ1) is 14.0. The van der Waals surface area contributed by atoms with E-state index in [-0.39, 0.29) is 11.5 Å². The van der Waals surface area contributed by atoms with Crippen LogP contribution >= 0.6 is 0 Å². The van der Waals surface area contributed by atoms with E-state index in [4.69, 9.17) is 5.11 Å². The minimum atomic E-state index is -1.07. The van der Waals surface area contributed by atoms with Crippen LogP contribution < -0.4 is 11.1 Å². The van der Waals surface area contributed by atoms with Crippen molar-refractivity contribution in [1.82, 2.24) is 9.55 Å². The van der Waals surface area contributed by atoms with Crippen LogP contribution in [0.5, 0.6) is 0 Å². The summed E-state index contributed by atoms with van der Waals surface area (Å²) >= 11 is 0. The third-order valence-corrected chi connectivity index (χ3v) is 3.41. The maximum atomic E-state index is 12.0. The number of hydrogen-bond donors (Lipinski definition) is 2. The topological polar surface area (TPSA) is 92.2 Å². The van der Waals surface area contributed by atoms with Crippen LogP contribution in [0, 0.1) is 5.92 Å². The van der Waals surface area contributed by atoms with Gasteiger partial charge in [0.15, 0.2) is 0 Å². The van der Waals surface area contributed by atoms with Crippen LogP contribution in [0.3, 0.4) is 0 Å². The second-order valence-corrected chi connectivity index (χ2v) is 4.92. The van der Waals surface area contributed by atoms with Gasteiger partial charge in [0, 0.05) is 6.54 Å². The van der Waals surface area contributed by atoms with E-state index in [1.165, 1.54) is 22.8 Å². The fraction of sp³-hybridized carbons (Fsp3) is 0.357. The number of carboxylic acid groups (broad SMARTS) is 1. The quantitative estimate of drug-likeness (QED) is 0.826. The predicted octanol–water partition coefficient (Wildman–Crippen LogP) is 1.43. The molecule has 2 N–H and O–H groups in total. The smallest absolute Gasteiger partial charge is 0.335 e. The Hall–Kier alpha value is -2.37. The number of carbonyl (C=O) groups is 1. The second kappa shape index (κ2) is 5.32. The molecule has 1 unspecified atom stereocenters. The van der Waals surface area contributed by atoms with E-state index in [0.717, 1.165) is 6.42 Å². The van der Waals surface area contributed by atoms with Gasteiger partial charge in [0.1, 0.15) is 0 Å². The Bertz CT molecular complexity index is 773. The zero-order valence-electron chi connectivity index (χ0n) is 11.3. The van der Waals surface area contributed by atoms with Crippen LogP contribution in [-0.2, 0) is 6.54 Å². The number of aromatic nitrogens is 2. The molecule has 6 heteroatoms. The first-order valence-electron chi connectivity index (χ1n) is 6.44. The summed E-state index contributed by atoms with van der Waals surface area (Å²) in [5.41, 5.74) is -0.358. The molecule has 1 aromatic heterocycles. The number of aromatic amines is 1. The van der Waals surface area contributed by atoms with Crippen molar-refractivity contribution in [2.75, 3.05) is 0 Å². The van der Waals surface area contributed by atoms with Crippen molar-refractivity contribution in [2.24, 2.45) is 5.92 Å². The molecule has 0 aliphatic rings. The van der Waals surface area contributed by atoms with Crippen LogP contribution in [0.2, 0.25) is 0 Å². The molecule has 1 aromatic carbocycles. The molecular weight excluding hydrogens is 260 g/mol. The molecule has 1 heterocycles. The molecule has 0 aliphatic carbocycles. The summed E-state index contributed by atoms with van der Waals surface area (Å²) in [6.07, 6.45) is 0.860. The summed E-state index contributed by atoms with van der Waals surface area (Å²) in [6.45, 7) is 4.35. The molecule has 6 nitrogen and oxygen atoms in total. The van der Waals surface area contributed by atoms with Crippen molar-refractivity contribution in [2.45, 2.75) is 26.8 Å². The summed E-state index contributed by atoms with van der Waals surface area (Å²) in [6, 6.07) is 4.32. The number of benzene rings is 1. The third-order valence-electron chi connectivity index (χ3n) is 3.41. The first-order chi connectivity index (χ1) is 9.43. The molecule has 2 rings (SSSR count). The SMILES string of the molecule is CCC(C)Cn1c(=O)c(=O)[nH]c2ccc(C(=O)O)cc21. The summed E-state index contributed by atoms with van der Waals surface area (Å²) in [7, 11) is 0. The minimum absolute atomic E-state index is 0.0850. The molecular formula is C14H16N2O4. The van der Waals surface area contributed by atoms with E-state index in [9.17, 15) is 14.4 Å². The molecule has 0 amide bonds. The zero-order valence-corrected chi connectivity index (χ0v) is 11.3. The van der Waals surface area contributed by atoms with Gasteiger partial charge >= 0.3 is 17.1 Å². The van der Waals surface area contributed by atoms with E-state index >= 15 is 0 Å². The van der Waals surface area contributed by atoms with Crippen LogP contribution in [0.15, 0.2) is 27.8 Å². The maximum Gasteiger partial charge on any atom is 0.335 e. The lowest BCUT2D eigenvalue weighted by Gasteiger charge is -2.14. The van der Waals surface area contributed by atoms with Crippen molar-refractivity contribution >= 4 is 17.0 Å². The monoisotopic (exact) mass is 276 g/mol. The fourth-order valence-electron chi connectivity index (χ4n) is 2.02. The highest BCUT2D eigenvalue weighted by molar-refractivity contribution is 5.92. The number of nitrogens with one attached hydrogen (secondary N) is 1. The van der Waals surface area contributed by atoms with E-state index in [2.05, 4.69) is 4.98 Å². The van der Waals surface area contributed by atoms with Gasteiger partial charge in [-0.15, -0.1) is 0 Å². The van der Waals surface area contributed by atoms with Crippen molar-refractivity contribution in [3.63, 3.8) is 0 Å². The molecule has 1 atom stereocenters. The molecule has 106 valence electrons. The lowest BCUT2D eigenvalue weighted by Crippen LogP contribution is -2.37. The molecule has 20 heavy (non-hydrogen) atoms. The molecule has 0 aliphatic heterocycles. The largest absolute Gasteiger partial charge is 0.478 e. The Morgan fingerprint density at radius 1 is 1.40 bits per heavy atom. The maximum absolute atomic E-state index is 12.0. The summed E-state index contributed by atoms with van der Waals surface area (Å²) in [5.74, 6) is -0.855. The van der Waals surface area contributed by atoms with Gasteiger partial charge in [-0.25, -0.2) is 4.79 Å². The highest BCUT2D eigenvalue weighted by Gasteiger charge is 2.12. The number of hydrogen-bond acceptors (Lipinski definition) is 3. The molecule has 0 spiro atoms. The fourth-order valence-corrected chi connectivity index (χ4v) is 2.02. The predicted molar refractivity (Wildman–Crippen MR) is 75.2 cm³/mol. The number of carboxylic acids is 1. The van der Waals surface area contributed by atoms with Crippen LogP contribution in [-0.4, -0.2) is 20.6 Å². The second-order valence-electron chi connectivity index (χ2n) is 4.92. The Labute approximate surface area is 114 Å². The average Bonchev–Trinajstić information content (AvgIpc) is 2.43. The molecule has 0 saturated carbocycles. The van der Waals surface area contributed by atoms with E-state index < -0.39 is 17.1 Å². The molecule has 0 saturated heterocycles. The van der Waals surface area contributed by atoms with Crippen molar-refractivity contribution in [3.05, 3.63) is 44.5 Å². The van der Waals surface area contributed by atoms with Crippen LogP contribution in [0.25, 0.3) is 11.0 Å². The number of aromatic carboxylic acids is 1. The first-order valence-corrected chi connectivity index (χ1v) is 6.44. The number of rotatable bonds is 4. The van der Waals surface area contributed by atoms with E-state index in [1.807, 2.05) is 13.8 Å². The molecule has 2 aromatic rings. The van der Waals surface area contributed by atoms with Gasteiger partial charge < -0.3 is 14.7 Å². The number of H-pyrrole nitrogens is 1. The molecule has 0 fully saturated rings. The van der Waals surface area contributed by atoms with Gasteiger partial charge in [-0.3, -0.25) is 9.59 Å². The Kier molecular flexibility index (Phi) is 3.74. The van der Waals surface area contributed by atoms with Gasteiger partial charge in [0.2, 0.25) is 0 Å². The average molecular weight is 276 g/mol. The van der Waals surface area contributed by atoms with Gasteiger partial charge in [-0.2, -0.15) is 0 Å². The normalized spacial score (nSPS) is 12.5. The van der Waals surface area contributed by atoms with Crippen LogP contribution in [0.1, 0.15) is 30.6 Å². The van der Waals surface area contributed by atoms with Gasteiger partial charge in [-0.05, 0) is 24.1 Å². The highest BCUT2D eigenvalue weighted by atomic mass is 16.4. The van der Waals surface area contributed by atoms with Gasteiger partial charge in [-0.1, -0.05) is 20.3 Å². The minimum Gasteiger partial charge on any atom is -0.478 e. The summed E-state index contributed by atoms with van der Waals surface area (Å²) in [5, 5.41) is 9.03. The summed E-state index contributed by atoms with van der Waals surface area (Å²) in [4.78, 5) is 37.1. The Morgan fingerprint density at radius 3 is 2.70 bits per heavy atom. The van der Waals surface area contributed by atoms with Crippen molar-refractivity contribution in [3.8, 4) is 0 Å². The lowest BCUT2D eigenvalue weighted by atomic mass is 10.1. The van der Waals surface area contributed by atoms with Gasteiger partial charge in [0.25, 0.3) is 0 Å². The molecule has 0 radical (unpaired) electrons. The number of fused-ring (bicyclic) bond motifs is 1. The van der Waals surface area contributed by atoms with Crippen molar-refractivity contribution in [1.29, 1.82) is 0 Å². The highest BCUT2D eigenvalue weighted by Crippen LogP contribution is 2.14. The van der Waals surface area contributed by atoms with Crippen molar-refractivity contribution < 1.29 is 9.90 Å². The summed E-state index contributed by atoms with van der Waals surface area (Å²) < 4.78 is 1.36. The number of nitrogens with zero attached hydrogens (tertiary/aromatic N) is 1.